The number of rotatable bonds is 4. The molecule has 3 aliphatic rings. The van der Waals surface area contributed by atoms with E-state index < -0.39 is 0 Å². The van der Waals surface area contributed by atoms with Crippen molar-refractivity contribution in [2.45, 2.75) is 64.0 Å². The molecule has 0 aliphatic heterocycles. The van der Waals surface area contributed by atoms with Crippen molar-refractivity contribution in [2.24, 2.45) is 11.8 Å². The van der Waals surface area contributed by atoms with Gasteiger partial charge in [0, 0.05) is 17.6 Å². The second-order valence-electron chi connectivity index (χ2n) is 7.29. The Bertz CT molecular complexity index is 518. The summed E-state index contributed by atoms with van der Waals surface area (Å²) in [5, 5.41) is 14.3. The van der Waals surface area contributed by atoms with Gasteiger partial charge in [-0.25, -0.2) is 0 Å². The maximum Gasteiger partial charge on any atom is 0.120 e. The van der Waals surface area contributed by atoms with E-state index in [1.807, 2.05) is 6.07 Å². The van der Waals surface area contributed by atoms with Gasteiger partial charge in [0.25, 0.3) is 0 Å². The fourth-order valence-corrected chi connectivity index (χ4v) is 4.29. The Kier molecular flexibility index (Phi) is 2.85. The van der Waals surface area contributed by atoms with E-state index in [-0.39, 0.29) is 0 Å². The van der Waals surface area contributed by atoms with E-state index in [4.69, 9.17) is 0 Å². The lowest BCUT2D eigenvalue weighted by Crippen LogP contribution is -2.35. The first kappa shape index (κ1) is 12.7. The molecule has 2 saturated carbocycles. The number of phenolic OH excluding ortho intramolecular Hbond substituents is 1. The van der Waals surface area contributed by atoms with Crippen LogP contribution in [0.4, 0.5) is 0 Å². The second-order valence-corrected chi connectivity index (χ2v) is 7.29. The number of benzene rings is 1. The Morgan fingerprint density at radius 1 is 1.10 bits per heavy atom. The van der Waals surface area contributed by atoms with Crippen molar-refractivity contribution >= 4 is 0 Å². The van der Waals surface area contributed by atoms with Gasteiger partial charge >= 0.3 is 0 Å². The normalized spacial score (nSPS) is 28.9. The minimum Gasteiger partial charge on any atom is -0.508 e. The van der Waals surface area contributed by atoms with Crippen molar-refractivity contribution in [2.75, 3.05) is 0 Å². The third-order valence-corrected chi connectivity index (χ3v) is 5.57. The number of hydrogen-bond acceptors (Lipinski definition) is 2. The smallest absolute Gasteiger partial charge is 0.120 e. The largest absolute Gasteiger partial charge is 0.508 e. The average Bonchev–Trinajstić information content (AvgIpc) is 3.31. The highest BCUT2D eigenvalue weighted by atomic mass is 16.3. The molecule has 1 aromatic carbocycles. The van der Waals surface area contributed by atoms with Gasteiger partial charge in [0.15, 0.2) is 0 Å². The molecule has 1 aromatic rings. The van der Waals surface area contributed by atoms with Crippen LogP contribution in [0.1, 0.15) is 67.7 Å². The Balaban J connectivity index is 1.63. The lowest BCUT2D eigenvalue weighted by molar-refractivity contribution is 0.351. The lowest BCUT2D eigenvalue weighted by Gasteiger charge is -2.24. The quantitative estimate of drug-likeness (QED) is 0.866. The molecule has 0 heterocycles. The number of aryl methyl sites for hydroxylation is 1. The summed E-state index contributed by atoms with van der Waals surface area (Å²) in [5.41, 5.74) is 3.93. The molecule has 4 rings (SSSR count). The van der Waals surface area contributed by atoms with E-state index in [1.54, 1.807) is 0 Å². The highest BCUT2D eigenvalue weighted by molar-refractivity contribution is 5.51. The van der Waals surface area contributed by atoms with Crippen LogP contribution < -0.4 is 5.32 Å². The molecule has 0 aromatic heterocycles. The molecule has 2 N–H and O–H groups in total. The van der Waals surface area contributed by atoms with E-state index in [1.165, 1.54) is 42.4 Å². The summed E-state index contributed by atoms with van der Waals surface area (Å²) in [7, 11) is 0. The van der Waals surface area contributed by atoms with Crippen molar-refractivity contribution in [3.05, 3.63) is 28.8 Å². The standard InChI is InChI=1S/C18H25NO/c1-10-3-8-15(20)17-14(9-11(2)16(10)17)19-18(12-4-5-12)13-6-7-13/h3,8,11-14,18-20H,4-7,9H2,1-2H3. The average molecular weight is 271 g/mol. The molecule has 20 heavy (non-hydrogen) atoms. The molecule has 0 spiro atoms. The molecule has 2 fully saturated rings. The van der Waals surface area contributed by atoms with Crippen LogP contribution in [-0.2, 0) is 0 Å². The first-order valence-electron chi connectivity index (χ1n) is 8.23. The zero-order valence-electron chi connectivity index (χ0n) is 12.5. The van der Waals surface area contributed by atoms with E-state index in [0.29, 0.717) is 23.8 Å². The molecule has 0 saturated heterocycles. The van der Waals surface area contributed by atoms with E-state index in [9.17, 15) is 5.11 Å². The van der Waals surface area contributed by atoms with Crippen LogP contribution in [0.5, 0.6) is 5.75 Å². The number of hydrogen-bond donors (Lipinski definition) is 2. The van der Waals surface area contributed by atoms with Crippen molar-refractivity contribution in [3.63, 3.8) is 0 Å². The number of aromatic hydroxyl groups is 1. The van der Waals surface area contributed by atoms with E-state index in [2.05, 4.69) is 25.2 Å². The fraction of sp³-hybridized carbons (Fsp3) is 0.667. The molecular weight excluding hydrogens is 246 g/mol. The van der Waals surface area contributed by atoms with E-state index >= 15 is 0 Å². The summed E-state index contributed by atoms with van der Waals surface area (Å²) in [6.07, 6.45) is 6.77. The lowest BCUT2D eigenvalue weighted by atomic mass is 9.97. The van der Waals surface area contributed by atoms with Crippen LogP contribution in [0.2, 0.25) is 0 Å². The molecular formula is C18H25NO. The number of phenols is 1. The first-order chi connectivity index (χ1) is 9.65. The Morgan fingerprint density at radius 2 is 1.75 bits per heavy atom. The van der Waals surface area contributed by atoms with Crippen LogP contribution in [0.25, 0.3) is 0 Å². The van der Waals surface area contributed by atoms with Crippen LogP contribution in [-0.4, -0.2) is 11.1 Å². The zero-order chi connectivity index (χ0) is 13.9. The molecule has 2 atom stereocenters. The first-order valence-corrected chi connectivity index (χ1v) is 8.23. The van der Waals surface area contributed by atoms with Gasteiger partial charge in [-0.1, -0.05) is 13.0 Å². The molecule has 2 nitrogen and oxygen atoms in total. The van der Waals surface area contributed by atoms with Gasteiger partial charge in [0.1, 0.15) is 5.75 Å². The molecule has 0 amide bonds. The predicted molar refractivity (Wildman–Crippen MR) is 81.0 cm³/mol. The van der Waals surface area contributed by atoms with Gasteiger partial charge in [-0.05, 0) is 74.0 Å². The van der Waals surface area contributed by atoms with Crippen LogP contribution in [0, 0.1) is 18.8 Å². The van der Waals surface area contributed by atoms with Crippen LogP contribution in [0.3, 0.4) is 0 Å². The Morgan fingerprint density at radius 3 is 2.35 bits per heavy atom. The van der Waals surface area contributed by atoms with Gasteiger partial charge in [-0.15, -0.1) is 0 Å². The number of nitrogens with one attached hydrogen (secondary N) is 1. The summed E-state index contributed by atoms with van der Waals surface area (Å²) in [4.78, 5) is 0. The van der Waals surface area contributed by atoms with Crippen molar-refractivity contribution in [3.8, 4) is 5.75 Å². The van der Waals surface area contributed by atoms with Crippen LogP contribution in [0.15, 0.2) is 12.1 Å². The highest BCUT2D eigenvalue weighted by Crippen LogP contribution is 2.50. The fourth-order valence-electron chi connectivity index (χ4n) is 4.29. The zero-order valence-corrected chi connectivity index (χ0v) is 12.5. The molecule has 2 unspecified atom stereocenters. The molecule has 2 heteroatoms. The molecule has 0 bridgehead atoms. The monoisotopic (exact) mass is 271 g/mol. The maximum atomic E-state index is 10.3. The Labute approximate surface area is 121 Å². The van der Waals surface area contributed by atoms with Crippen LogP contribution >= 0.6 is 0 Å². The Hall–Kier alpha value is -1.02. The van der Waals surface area contributed by atoms with Crippen molar-refractivity contribution < 1.29 is 5.11 Å². The number of fused-ring (bicyclic) bond motifs is 1. The van der Waals surface area contributed by atoms with Gasteiger partial charge in [-0.2, -0.15) is 0 Å². The second kappa shape index (κ2) is 4.49. The predicted octanol–water partition coefficient (Wildman–Crippen LogP) is 4.03. The third kappa shape index (κ3) is 2.05. The van der Waals surface area contributed by atoms with Gasteiger partial charge in [-0.3, -0.25) is 0 Å². The summed E-state index contributed by atoms with van der Waals surface area (Å²) in [6, 6.07) is 5.01. The van der Waals surface area contributed by atoms with Crippen molar-refractivity contribution in [1.82, 2.24) is 5.32 Å². The van der Waals surface area contributed by atoms with Gasteiger partial charge < -0.3 is 10.4 Å². The molecule has 108 valence electrons. The minimum atomic E-state index is 0.367. The van der Waals surface area contributed by atoms with Gasteiger partial charge in [0.05, 0.1) is 0 Å². The summed E-state index contributed by atoms with van der Waals surface area (Å²) >= 11 is 0. The summed E-state index contributed by atoms with van der Waals surface area (Å²) in [5.74, 6) is 2.88. The minimum absolute atomic E-state index is 0.367. The van der Waals surface area contributed by atoms with Gasteiger partial charge in [0.2, 0.25) is 0 Å². The SMILES string of the molecule is Cc1ccc(O)c2c1C(C)CC2NC(C1CC1)C1CC1. The third-order valence-electron chi connectivity index (χ3n) is 5.57. The van der Waals surface area contributed by atoms with E-state index in [0.717, 1.165) is 18.3 Å². The summed E-state index contributed by atoms with van der Waals surface area (Å²) < 4.78 is 0. The molecule has 3 aliphatic carbocycles. The maximum absolute atomic E-state index is 10.3. The summed E-state index contributed by atoms with van der Waals surface area (Å²) in [6.45, 7) is 4.48. The molecule has 0 radical (unpaired) electrons. The topological polar surface area (TPSA) is 32.3 Å². The highest BCUT2D eigenvalue weighted by Gasteiger charge is 2.44. The van der Waals surface area contributed by atoms with Crippen molar-refractivity contribution in [1.29, 1.82) is 0 Å².